The van der Waals surface area contributed by atoms with Gasteiger partial charge in [-0.15, -0.1) is 0 Å². The lowest BCUT2D eigenvalue weighted by Crippen LogP contribution is -2.43. The van der Waals surface area contributed by atoms with Crippen LogP contribution in [-0.4, -0.2) is 58.5 Å². The number of rotatable bonds is 15. The Morgan fingerprint density at radius 1 is 0.967 bits per heavy atom. The van der Waals surface area contributed by atoms with E-state index < -0.39 is 11.9 Å². The molecule has 0 radical (unpaired) electrons. The number of nitrogens with zero attached hydrogens (tertiary/aromatic N) is 1. The first-order valence-electron chi connectivity index (χ1n) is 11.6. The molecule has 3 N–H and O–H groups in total. The molecule has 2 heterocycles. The van der Waals surface area contributed by atoms with E-state index in [4.69, 9.17) is 9.84 Å². The quantitative estimate of drug-likeness (QED) is 0.210. The number of nitrogens with one attached hydrogen (secondary N) is 1. The second kappa shape index (κ2) is 12.9. The van der Waals surface area contributed by atoms with Crippen molar-refractivity contribution in [2.75, 3.05) is 13.1 Å². The molecule has 0 saturated carbocycles. The summed E-state index contributed by atoms with van der Waals surface area (Å²) in [5, 5.41) is 21.9. The number of unbranched alkanes of at least 4 members (excludes halogenated alkanes) is 5. The molecule has 2 amide bonds. The van der Waals surface area contributed by atoms with Crippen LogP contribution < -0.4 is 5.32 Å². The van der Waals surface area contributed by atoms with Gasteiger partial charge in [-0.1, -0.05) is 39.0 Å². The third-order valence-corrected chi connectivity index (χ3v) is 6.38. The van der Waals surface area contributed by atoms with Crippen LogP contribution in [0.3, 0.4) is 0 Å². The molecule has 8 nitrogen and oxygen atoms in total. The predicted molar refractivity (Wildman–Crippen MR) is 111 cm³/mol. The van der Waals surface area contributed by atoms with Crippen LogP contribution in [0.2, 0.25) is 0 Å². The summed E-state index contributed by atoms with van der Waals surface area (Å²) in [5.74, 6) is -0.834. The Labute approximate surface area is 179 Å². The van der Waals surface area contributed by atoms with Crippen molar-refractivity contribution in [2.45, 2.75) is 96.2 Å². The van der Waals surface area contributed by atoms with Gasteiger partial charge in [-0.25, -0.2) is 5.06 Å². The van der Waals surface area contributed by atoms with Crippen molar-refractivity contribution >= 4 is 17.8 Å². The summed E-state index contributed by atoms with van der Waals surface area (Å²) in [4.78, 5) is 34.6. The van der Waals surface area contributed by atoms with Gasteiger partial charge >= 0.3 is 5.97 Å². The minimum absolute atomic E-state index is 0.174. The van der Waals surface area contributed by atoms with E-state index in [-0.39, 0.29) is 43.4 Å². The summed E-state index contributed by atoms with van der Waals surface area (Å²) < 4.78 is 6.07. The minimum atomic E-state index is -0.739. The highest BCUT2D eigenvalue weighted by Crippen LogP contribution is 2.45. The van der Waals surface area contributed by atoms with E-state index in [0.29, 0.717) is 23.9 Å². The van der Waals surface area contributed by atoms with Gasteiger partial charge in [0.05, 0.1) is 12.2 Å². The van der Waals surface area contributed by atoms with Crippen molar-refractivity contribution in [3.63, 3.8) is 0 Å². The fourth-order valence-electron chi connectivity index (χ4n) is 4.73. The van der Waals surface area contributed by atoms with Crippen LogP contribution in [0.5, 0.6) is 0 Å². The van der Waals surface area contributed by atoms with Crippen molar-refractivity contribution < 1.29 is 29.4 Å². The van der Waals surface area contributed by atoms with Crippen LogP contribution >= 0.6 is 0 Å². The normalized spacial score (nSPS) is 24.7. The second-order valence-corrected chi connectivity index (χ2v) is 8.68. The number of hydrogen-bond acceptors (Lipinski definition) is 5. The summed E-state index contributed by atoms with van der Waals surface area (Å²) in [5.41, 5.74) is 0. The Morgan fingerprint density at radius 2 is 1.63 bits per heavy atom. The highest BCUT2D eigenvalue weighted by molar-refractivity contribution is 5.83. The smallest absolute Gasteiger partial charge is 0.303 e. The van der Waals surface area contributed by atoms with Gasteiger partial charge < -0.3 is 15.2 Å². The second-order valence-electron chi connectivity index (χ2n) is 8.68. The zero-order valence-electron chi connectivity index (χ0n) is 18.2. The summed E-state index contributed by atoms with van der Waals surface area (Å²) in [6.45, 7) is 2.21. The maximum Gasteiger partial charge on any atom is 0.303 e. The minimum Gasteiger partial charge on any atom is -0.481 e. The lowest BCUT2D eigenvalue weighted by molar-refractivity contribution is -0.169. The first-order valence-corrected chi connectivity index (χ1v) is 11.6. The monoisotopic (exact) mass is 426 g/mol. The molecule has 0 aromatic carbocycles. The number of carbonyl (C=O) groups excluding carboxylic acids is 2. The van der Waals surface area contributed by atoms with Crippen LogP contribution in [0.25, 0.3) is 0 Å². The van der Waals surface area contributed by atoms with Gasteiger partial charge in [0.15, 0.2) is 0 Å². The highest BCUT2D eigenvalue weighted by Gasteiger charge is 2.48. The Bertz CT molecular complexity index is 570. The van der Waals surface area contributed by atoms with E-state index in [1.54, 1.807) is 0 Å². The molecule has 2 fully saturated rings. The Kier molecular flexibility index (Phi) is 10.6. The molecule has 0 spiro atoms. The van der Waals surface area contributed by atoms with Gasteiger partial charge in [0.1, 0.15) is 6.54 Å². The molecule has 172 valence electrons. The summed E-state index contributed by atoms with van der Waals surface area (Å²) in [6.07, 6.45) is 10.4. The highest BCUT2D eigenvalue weighted by atomic mass is 16.5. The van der Waals surface area contributed by atoms with E-state index >= 15 is 0 Å². The SMILES string of the molecule is CCCCCC(=O)N(O)CC(=O)NCC1C2CCC(O2)C1CCCCCCC(=O)O. The number of carbonyl (C=O) groups is 3. The number of fused-ring (bicyclic) bond motifs is 2. The van der Waals surface area contributed by atoms with Gasteiger partial charge in [-0.05, 0) is 38.0 Å². The number of carboxylic acid groups (broad SMARTS) is 1. The van der Waals surface area contributed by atoms with Crippen molar-refractivity contribution in [1.82, 2.24) is 10.4 Å². The molecule has 2 bridgehead atoms. The number of amides is 2. The van der Waals surface area contributed by atoms with E-state index in [0.717, 1.165) is 57.8 Å². The van der Waals surface area contributed by atoms with Gasteiger partial charge in [-0.3, -0.25) is 19.6 Å². The Hall–Kier alpha value is -1.67. The first-order chi connectivity index (χ1) is 14.4. The van der Waals surface area contributed by atoms with E-state index in [1.807, 2.05) is 6.92 Å². The molecular weight excluding hydrogens is 388 g/mol. The maximum absolute atomic E-state index is 12.2. The number of carboxylic acids is 1. The summed E-state index contributed by atoms with van der Waals surface area (Å²) >= 11 is 0. The molecule has 4 atom stereocenters. The van der Waals surface area contributed by atoms with Crippen LogP contribution in [0.4, 0.5) is 0 Å². The first kappa shape index (κ1) is 24.6. The average Bonchev–Trinajstić information content (AvgIpc) is 3.30. The summed E-state index contributed by atoms with van der Waals surface area (Å²) in [7, 11) is 0. The fourth-order valence-corrected chi connectivity index (χ4v) is 4.73. The lowest BCUT2D eigenvalue weighted by atomic mass is 9.76. The van der Waals surface area contributed by atoms with E-state index in [1.165, 1.54) is 0 Å². The summed E-state index contributed by atoms with van der Waals surface area (Å²) in [6, 6.07) is 0. The van der Waals surface area contributed by atoms with Crippen molar-refractivity contribution in [3.05, 3.63) is 0 Å². The standard InChI is InChI=1S/C22H38N2O6/c1-2-3-6-10-21(26)24(29)15-20(25)23-14-17-16(18-12-13-19(17)30-18)9-7-4-5-8-11-22(27)28/h16-19,29H,2-15H2,1H3,(H,23,25)(H,27,28). The van der Waals surface area contributed by atoms with E-state index in [9.17, 15) is 19.6 Å². The average molecular weight is 427 g/mol. The topological polar surface area (TPSA) is 116 Å². The molecular formula is C22H38N2O6. The number of ether oxygens (including phenoxy) is 1. The number of hydroxylamine groups is 2. The maximum atomic E-state index is 12.2. The van der Waals surface area contributed by atoms with Crippen molar-refractivity contribution in [1.29, 1.82) is 0 Å². The number of aliphatic carboxylic acids is 1. The third kappa shape index (κ3) is 7.87. The molecule has 4 unspecified atom stereocenters. The largest absolute Gasteiger partial charge is 0.481 e. The lowest BCUT2D eigenvalue weighted by Gasteiger charge is -2.28. The molecule has 2 aliphatic rings. The molecule has 0 aromatic heterocycles. The van der Waals surface area contributed by atoms with Gasteiger partial charge in [0, 0.05) is 25.3 Å². The molecule has 0 aliphatic carbocycles. The molecule has 0 aromatic rings. The van der Waals surface area contributed by atoms with Crippen molar-refractivity contribution in [3.8, 4) is 0 Å². The molecule has 8 heteroatoms. The zero-order chi connectivity index (χ0) is 21.9. The Balaban J connectivity index is 1.68. The zero-order valence-corrected chi connectivity index (χ0v) is 18.2. The fraction of sp³-hybridized carbons (Fsp3) is 0.864. The van der Waals surface area contributed by atoms with Gasteiger partial charge in [0.2, 0.25) is 11.8 Å². The molecule has 30 heavy (non-hydrogen) atoms. The van der Waals surface area contributed by atoms with Crippen LogP contribution in [0.15, 0.2) is 0 Å². The third-order valence-electron chi connectivity index (χ3n) is 6.38. The van der Waals surface area contributed by atoms with Gasteiger partial charge in [0.25, 0.3) is 0 Å². The van der Waals surface area contributed by atoms with Gasteiger partial charge in [-0.2, -0.15) is 0 Å². The number of hydrogen-bond donors (Lipinski definition) is 3. The molecule has 2 rings (SSSR count). The predicted octanol–water partition coefficient (Wildman–Crippen LogP) is 3.12. The van der Waals surface area contributed by atoms with Crippen LogP contribution in [0, 0.1) is 11.8 Å². The molecule has 2 saturated heterocycles. The van der Waals surface area contributed by atoms with E-state index in [2.05, 4.69) is 5.32 Å². The van der Waals surface area contributed by atoms with Crippen LogP contribution in [0.1, 0.15) is 84.0 Å². The Morgan fingerprint density at radius 3 is 2.33 bits per heavy atom. The van der Waals surface area contributed by atoms with Crippen molar-refractivity contribution in [2.24, 2.45) is 11.8 Å². The van der Waals surface area contributed by atoms with Crippen LogP contribution in [-0.2, 0) is 19.1 Å². The molecule has 2 aliphatic heterocycles.